The minimum atomic E-state index is -4.40. The second-order valence-corrected chi connectivity index (χ2v) is 9.19. The lowest BCUT2D eigenvalue weighted by atomic mass is 9.75. The predicted molar refractivity (Wildman–Crippen MR) is 101 cm³/mol. The van der Waals surface area contributed by atoms with Crippen LogP contribution in [0.5, 0.6) is 11.5 Å². The lowest BCUT2D eigenvalue weighted by molar-refractivity contribution is -0.153. The van der Waals surface area contributed by atoms with Crippen LogP contribution in [-0.2, 0) is 6.42 Å². The van der Waals surface area contributed by atoms with Gasteiger partial charge in [-0.3, -0.25) is 4.90 Å². The Labute approximate surface area is 164 Å². The standard InChI is InChI=1S/C21H30F3NO3/c1-20(2,3)10-14-11-25-6-5-13-7-19(28-12-21(22,23)24)18(27-4)8-15(13)16(25)9-17(14)26/h7-8,14,16-17,26H,5-6,9-12H2,1-4H3/t14-,16-,17-/m0/s1. The van der Waals surface area contributed by atoms with E-state index < -0.39 is 18.9 Å². The average molecular weight is 401 g/mol. The van der Waals surface area contributed by atoms with Gasteiger partial charge in [0.2, 0.25) is 0 Å². The van der Waals surface area contributed by atoms with Gasteiger partial charge in [-0.1, -0.05) is 20.8 Å². The van der Waals surface area contributed by atoms with Crippen molar-refractivity contribution in [3.8, 4) is 11.5 Å². The number of halogens is 3. The molecule has 0 aromatic heterocycles. The van der Waals surface area contributed by atoms with E-state index in [0.717, 1.165) is 37.1 Å². The van der Waals surface area contributed by atoms with Gasteiger partial charge in [0.1, 0.15) is 0 Å². The topological polar surface area (TPSA) is 41.9 Å². The summed E-state index contributed by atoms with van der Waals surface area (Å²) in [5, 5.41) is 10.7. The Morgan fingerprint density at radius 1 is 1.18 bits per heavy atom. The highest BCUT2D eigenvalue weighted by atomic mass is 19.4. The number of hydrogen-bond donors (Lipinski definition) is 1. The van der Waals surface area contributed by atoms with Crippen molar-refractivity contribution >= 4 is 0 Å². The van der Waals surface area contributed by atoms with Crippen LogP contribution in [0.1, 0.15) is 50.8 Å². The van der Waals surface area contributed by atoms with Gasteiger partial charge >= 0.3 is 6.18 Å². The van der Waals surface area contributed by atoms with Crippen molar-refractivity contribution < 1.29 is 27.8 Å². The Morgan fingerprint density at radius 3 is 2.50 bits per heavy atom. The molecule has 1 aromatic rings. The lowest BCUT2D eigenvalue weighted by Crippen LogP contribution is -2.48. The third-order valence-electron chi connectivity index (χ3n) is 5.64. The smallest absolute Gasteiger partial charge is 0.422 e. The van der Waals surface area contributed by atoms with Gasteiger partial charge in [-0.2, -0.15) is 13.2 Å². The van der Waals surface area contributed by atoms with Gasteiger partial charge in [-0.15, -0.1) is 0 Å². The first kappa shape index (κ1) is 21.2. The molecule has 0 unspecified atom stereocenters. The van der Waals surface area contributed by atoms with Crippen LogP contribution in [0.4, 0.5) is 13.2 Å². The largest absolute Gasteiger partial charge is 0.493 e. The minimum absolute atomic E-state index is 0.0561. The Morgan fingerprint density at radius 2 is 1.89 bits per heavy atom. The molecule has 4 nitrogen and oxygen atoms in total. The molecule has 0 amide bonds. The summed E-state index contributed by atoms with van der Waals surface area (Å²) in [5.74, 6) is 0.652. The molecule has 3 rings (SSSR count). The molecule has 0 spiro atoms. The van der Waals surface area contributed by atoms with Gasteiger partial charge in [0.25, 0.3) is 0 Å². The third kappa shape index (κ3) is 4.92. The lowest BCUT2D eigenvalue weighted by Gasteiger charge is -2.47. The fourth-order valence-corrected chi connectivity index (χ4v) is 4.52. The van der Waals surface area contributed by atoms with E-state index in [4.69, 9.17) is 9.47 Å². The molecule has 0 saturated carbocycles. The first-order valence-corrected chi connectivity index (χ1v) is 9.79. The van der Waals surface area contributed by atoms with Crippen LogP contribution in [0.25, 0.3) is 0 Å². The van der Waals surface area contributed by atoms with Crippen LogP contribution in [0, 0.1) is 11.3 Å². The Bertz CT molecular complexity index is 699. The molecule has 2 heterocycles. The number of nitrogens with zero attached hydrogens (tertiary/aromatic N) is 1. The summed E-state index contributed by atoms with van der Waals surface area (Å²) in [6.45, 7) is 6.87. The highest BCUT2D eigenvalue weighted by Gasteiger charge is 2.40. The molecule has 2 aliphatic rings. The molecule has 0 radical (unpaired) electrons. The van der Waals surface area contributed by atoms with Crippen LogP contribution >= 0.6 is 0 Å². The molecule has 2 aliphatic heterocycles. The molecule has 28 heavy (non-hydrogen) atoms. The fraction of sp³-hybridized carbons (Fsp3) is 0.714. The fourth-order valence-electron chi connectivity index (χ4n) is 4.52. The van der Waals surface area contributed by atoms with E-state index in [1.54, 1.807) is 12.1 Å². The van der Waals surface area contributed by atoms with Gasteiger partial charge in [-0.25, -0.2) is 0 Å². The van der Waals surface area contributed by atoms with Crippen LogP contribution in [0.3, 0.4) is 0 Å². The van der Waals surface area contributed by atoms with E-state index in [0.29, 0.717) is 12.2 Å². The number of hydrogen-bond acceptors (Lipinski definition) is 4. The van der Waals surface area contributed by atoms with Gasteiger partial charge in [0.15, 0.2) is 18.1 Å². The maximum Gasteiger partial charge on any atom is 0.422 e. The van der Waals surface area contributed by atoms with E-state index in [1.165, 1.54) is 7.11 Å². The molecule has 7 heteroatoms. The number of rotatable bonds is 4. The van der Waals surface area contributed by atoms with Crippen molar-refractivity contribution in [2.75, 3.05) is 26.8 Å². The Balaban J connectivity index is 1.82. The number of methoxy groups -OCH3 is 1. The quantitative estimate of drug-likeness (QED) is 0.814. The number of aliphatic hydroxyl groups is 1. The predicted octanol–water partition coefficient (Wildman–Crippen LogP) is 4.35. The van der Waals surface area contributed by atoms with Crippen LogP contribution < -0.4 is 9.47 Å². The van der Waals surface area contributed by atoms with E-state index in [-0.39, 0.29) is 23.1 Å². The van der Waals surface area contributed by atoms with Crippen LogP contribution in [0.2, 0.25) is 0 Å². The summed E-state index contributed by atoms with van der Waals surface area (Å²) in [5.41, 5.74) is 2.15. The van der Waals surface area contributed by atoms with Gasteiger partial charge < -0.3 is 14.6 Å². The zero-order valence-electron chi connectivity index (χ0n) is 17.0. The summed E-state index contributed by atoms with van der Waals surface area (Å²) in [6.07, 6.45) is -2.46. The molecule has 158 valence electrons. The first-order chi connectivity index (χ1) is 13.0. The summed E-state index contributed by atoms with van der Waals surface area (Å²) >= 11 is 0. The molecule has 3 atom stereocenters. The second kappa shape index (κ2) is 7.75. The highest BCUT2D eigenvalue weighted by molar-refractivity contribution is 5.49. The Hall–Kier alpha value is -1.47. The summed E-state index contributed by atoms with van der Waals surface area (Å²) in [4.78, 5) is 2.39. The SMILES string of the molecule is COc1cc2c(cc1OCC(F)(F)F)CCN1C[C@H](CC(C)(C)C)[C@@H](O)C[C@@H]21. The van der Waals surface area contributed by atoms with Crippen molar-refractivity contribution in [3.63, 3.8) is 0 Å². The van der Waals surface area contributed by atoms with Gasteiger partial charge in [-0.05, 0) is 53.9 Å². The van der Waals surface area contributed by atoms with Crippen molar-refractivity contribution in [1.29, 1.82) is 0 Å². The summed E-state index contributed by atoms with van der Waals surface area (Å²) in [6, 6.07) is 3.51. The van der Waals surface area contributed by atoms with Crippen molar-refractivity contribution in [2.24, 2.45) is 11.3 Å². The zero-order chi connectivity index (χ0) is 20.7. The minimum Gasteiger partial charge on any atom is -0.493 e. The number of ether oxygens (including phenoxy) is 2. The van der Waals surface area contributed by atoms with Gasteiger partial charge in [0.05, 0.1) is 13.2 Å². The number of piperidine rings is 1. The number of aliphatic hydroxyl groups excluding tert-OH is 1. The molecule has 0 aliphatic carbocycles. The zero-order valence-corrected chi connectivity index (χ0v) is 17.0. The summed E-state index contributed by atoms with van der Waals surface area (Å²) in [7, 11) is 1.43. The number of benzene rings is 1. The van der Waals surface area contributed by atoms with E-state index in [2.05, 4.69) is 25.7 Å². The third-order valence-corrected chi connectivity index (χ3v) is 5.64. The van der Waals surface area contributed by atoms with Crippen molar-refractivity contribution in [1.82, 2.24) is 4.90 Å². The molecule has 1 fully saturated rings. The Kier molecular flexibility index (Phi) is 5.88. The van der Waals surface area contributed by atoms with Crippen molar-refractivity contribution in [2.45, 2.75) is 58.4 Å². The molecule has 1 aromatic carbocycles. The molecule has 1 saturated heterocycles. The van der Waals surface area contributed by atoms with Crippen molar-refractivity contribution in [3.05, 3.63) is 23.3 Å². The molecule has 0 bridgehead atoms. The number of alkyl halides is 3. The van der Waals surface area contributed by atoms with E-state index in [9.17, 15) is 18.3 Å². The molecular weight excluding hydrogens is 371 g/mol. The second-order valence-electron chi connectivity index (χ2n) is 9.19. The molecular formula is C21H30F3NO3. The monoisotopic (exact) mass is 401 g/mol. The maximum absolute atomic E-state index is 12.5. The number of fused-ring (bicyclic) bond motifs is 3. The van der Waals surface area contributed by atoms with Crippen LogP contribution in [0.15, 0.2) is 12.1 Å². The highest BCUT2D eigenvalue weighted by Crippen LogP contribution is 2.44. The van der Waals surface area contributed by atoms with E-state index in [1.807, 2.05) is 0 Å². The van der Waals surface area contributed by atoms with E-state index >= 15 is 0 Å². The summed E-state index contributed by atoms with van der Waals surface area (Å²) < 4.78 is 47.9. The van der Waals surface area contributed by atoms with Gasteiger partial charge in [0, 0.05) is 19.1 Å². The first-order valence-electron chi connectivity index (χ1n) is 9.79. The van der Waals surface area contributed by atoms with Crippen LogP contribution in [-0.4, -0.2) is 49.1 Å². The maximum atomic E-state index is 12.5. The normalized spacial score (nSPS) is 25.8. The average Bonchev–Trinajstić information content (AvgIpc) is 2.58. The molecule has 1 N–H and O–H groups in total.